The van der Waals surface area contributed by atoms with Gasteiger partial charge in [0.1, 0.15) is 6.04 Å². The van der Waals surface area contributed by atoms with Gasteiger partial charge >= 0.3 is 0 Å². The molecule has 3 amide bonds. The Bertz CT molecular complexity index is 761. The Morgan fingerprint density at radius 1 is 1.17 bits per heavy atom. The Kier molecular flexibility index (Phi) is 4.01. The predicted octanol–water partition coefficient (Wildman–Crippen LogP) is 1.16. The van der Waals surface area contributed by atoms with Gasteiger partial charge in [0.05, 0.1) is 29.6 Å². The molecule has 0 aliphatic carbocycles. The smallest absolute Gasteiger partial charge is 0.254 e. The number of anilines is 2. The van der Waals surface area contributed by atoms with Gasteiger partial charge in [-0.15, -0.1) is 0 Å². The van der Waals surface area contributed by atoms with Gasteiger partial charge in [-0.2, -0.15) is 0 Å². The van der Waals surface area contributed by atoms with Crippen molar-refractivity contribution in [3.05, 3.63) is 54.4 Å². The maximum atomic E-state index is 12.2. The fourth-order valence-electron chi connectivity index (χ4n) is 2.29. The molecule has 116 valence electrons. The molecule has 1 aromatic carbocycles. The zero-order valence-electron chi connectivity index (χ0n) is 12.1. The lowest BCUT2D eigenvalue weighted by Crippen LogP contribution is -2.43. The van der Waals surface area contributed by atoms with Crippen molar-refractivity contribution >= 4 is 29.1 Å². The number of rotatable bonds is 3. The van der Waals surface area contributed by atoms with Crippen LogP contribution in [-0.4, -0.2) is 28.7 Å². The number of pyridine rings is 1. The van der Waals surface area contributed by atoms with Crippen molar-refractivity contribution in [1.29, 1.82) is 0 Å². The Labute approximate surface area is 132 Å². The number of aromatic nitrogens is 1. The van der Waals surface area contributed by atoms with E-state index in [1.165, 1.54) is 6.20 Å². The van der Waals surface area contributed by atoms with Crippen LogP contribution in [0, 0.1) is 0 Å². The monoisotopic (exact) mass is 310 g/mol. The van der Waals surface area contributed by atoms with E-state index in [-0.39, 0.29) is 12.3 Å². The van der Waals surface area contributed by atoms with E-state index in [0.29, 0.717) is 16.9 Å². The normalized spacial score (nSPS) is 16.6. The molecular weight excluding hydrogens is 296 g/mol. The summed E-state index contributed by atoms with van der Waals surface area (Å²) in [4.78, 5) is 40.3. The van der Waals surface area contributed by atoms with Crippen LogP contribution in [0.3, 0.4) is 0 Å². The molecular formula is C16H14N4O3. The van der Waals surface area contributed by atoms with Gasteiger partial charge in [0.15, 0.2) is 0 Å². The van der Waals surface area contributed by atoms with Crippen molar-refractivity contribution in [2.75, 3.05) is 10.6 Å². The molecule has 2 heterocycles. The summed E-state index contributed by atoms with van der Waals surface area (Å²) in [6.07, 6.45) is 2.92. The highest BCUT2D eigenvalue weighted by atomic mass is 16.2. The zero-order chi connectivity index (χ0) is 16.2. The number of nitrogens with zero attached hydrogens (tertiary/aromatic N) is 1. The largest absolute Gasteiger partial charge is 0.340 e. The number of hydrogen-bond acceptors (Lipinski definition) is 4. The van der Waals surface area contributed by atoms with E-state index >= 15 is 0 Å². The summed E-state index contributed by atoms with van der Waals surface area (Å²) in [5.41, 5.74) is 1.34. The Balaban J connectivity index is 1.70. The first-order valence-corrected chi connectivity index (χ1v) is 7.04. The lowest BCUT2D eigenvalue weighted by molar-refractivity contribution is -0.122. The molecule has 1 aliphatic heterocycles. The van der Waals surface area contributed by atoms with Crippen molar-refractivity contribution in [2.45, 2.75) is 12.5 Å². The van der Waals surface area contributed by atoms with Gasteiger partial charge < -0.3 is 16.0 Å². The fraction of sp³-hybridized carbons (Fsp3) is 0.125. The molecule has 7 nitrogen and oxygen atoms in total. The van der Waals surface area contributed by atoms with E-state index in [0.717, 1.165) is 0 Å². The molecule has 1 aliphatic rings. The number of benzene rings is 1. The van der Waals surface area contributed by atoms with Crippen LogP contribution in [0.5, 0.6) is 0 Å². The lowest BCUT2D eigenvalue weighted by atomic mass is 10.1. The van der Waals surface area contributed by atoms with Gasteiger partial charge in [-0.25, -0.2) is 0 Å². The Morgan fingerprint density at radius 3 is 2.78 bits per heavy atom. The lowest BCUT2D eigenvalue weighted by Gasteiger charge is -2.14. The maximum absolute atomic E-state index is 12.2. The van der Waals surface area contributed by atoms with Crippen molar-refractivity contribution in [3.63, 3.8) is 0 Å². The third-order valence-electron chi connectivity index (χ3n) is 3.39. The van der Waals surface area contributed by atoms with Gasteiger partial charge in [-0.1, -0.05) is 12.1 Å². The molecule has 0 saturated heterocycles. The minimum atomic E-state index is -0.938. The van der Waals surface area contributed by atoms with E-state index in [1.807, 2.05) is 0 Å². The molecule has 0 saturated carbocycles. The summed E-state index contributed by atoms with van der Waals surface area (Å²) in [6.45, 7) is 0. The second-order valence-electron chi connectivity index (χ2n) is 5.05. The molecule has 0 radical (unpaired) electrons. The van der Waals surface area contributed by atoms with E-state index < -0.39 is 17.9 Å². The van der Waals surface area contributed by atoms with Crippen molar-refractivity contribution in [1.82, 2.24) is 10.3 Å². The van der Waals surface area contributed by atoms with Gasteiger partial charge in [0.2, 0.25) is 11.8 Å². The first kappa shape index (κ1) is 14.7. The highest BCUT2D eigenvalue weighted by molar-refractivity contribution is 6.11. The van der Waals surface area contributed by atoms with Crippen molar-refractivity contribution < 1.29 is 14.4 Å². The Morgan fingerprint density at radius 2 is 2.00 bits per heavy atom. The molecule has 1 aromatic heterocycles. The van der Waals surface area contributed by atoms with Crippen LogP contribution >= 0.6 is 0 Å². The molecule has 0 bridgehead atoms. The number of nitrogens with one attached hydrogen (secondary N) is 3. The zero-order valence-corrected chi connectivity index (χ0v) is 12.1. The third-order valence-corrected chi connectivity index (χ3v) is 3.39. The highest BCUT2D eigenvalue weighted by Gasteiger charge is 2.29. The van der Waals surface area contributed by atoms with Crippen LogP contribution in [0.2, 0.25) is 0 Å². The molecule has 2 aromatic rings. The van der Waals surface area contributed by atoms with E-state index in [1.54, 1.807) is 42.6 Å². The SMILES string of the molecule is O=C(CC1NC(=O)c2ccccc2NC1=O)Nc1cccnc1. The standard InChI is InChI=1S/C16H14N4O3/c21-14(18-10-4-3-7-17-9-10)8-13-16(23)19-12-6-2-1-5-11(12)15(22)20-13/h1-7,9,13H,8H2,(H,18,21)(H,19,23)(H,20,22). The minimum absolute atomic E-state index is 0.166. The summed E-state index contributed by atoms with van der Waals surface area (Å²) in [6, 6.07) is 9.13. The highest BCUT2D eigenvalue weighted by Crippen LogP contribution is 2.19. The van der Waals surface area contributed by atoms with Gasteiger partial charge in [-0.05, 0) is 24.3 Å². The van der Waals surface area contributed by atoms with Crippen LogP contribution in [0.1, 0.15) is 16.8 Å². The van der Waals surface area contributed by atoms with Crippen molar-refractivity contribution in [2.24, 2.45) is 0 Å². The number of para-hydroxylation sites is 1. The first-order chi connectivity index (χ1) is 11.1. The Hall–Kier alpha value is -3.22. The number of fused-ring (bicyclic) bond motifs is 1. The maximum Gasteiger partial charge on any atom is 0.254 e. The summed E-state index contributed by atoms with van der Waals surface area (Å²) in [5, 5.41) is 7.87. The number of amides is 3. The summed E-state index contributed by atoms with van der Waals surface area (Å²) >= 11 is 0. The number of hydrogen-bond donors (Lipinski definition) is 3. The molecule has 23 heavy (non-hydrogen) atoms. The van der Waals surface area contributed by atoms with Crippen LogP contribution in [0.15, 0.2) is 48.8 Å². The molecule has 3 rings (SSSR count). The van der Waals surface area contributed by atoms with E-state index in [4.69, 9.17) is 0 Å². The second kappa shape index (κ2) is 6.27. The molecule has 0 fully saturated rings. The topological polar surface area (TPSA) is 100 Å². The van der Waals surface area contributed by atoms with E-state index in [9.17, 15) is 14.4 Å². The quantitative estimate of drug-likeness (QED) is 0.792. The van der Waals surface area contributed by atoms with Gasteiger partial charge in [0.25, 0.3) is 5.91 Å². The summed E-state index contributed by atoms with van der Waals surface area (Å²) in [5.74, 6) is -1.20. The van der Waals surface area contributed by atoms with Crippen LogP contribution in [0.25, 0.3) is 0 Å². The molecule has 3 N–H and O–H groups in total. The average Bonchev–Trinajstić information content (AvgIpc) is 2.66. The molecule has 1 atom stereocenters. The third kappa shape index (κ3) is 3.34. The van der Waals surface area contributed by atoms with Crippen molar-refractivity contribution in [3.8, 4) is 0 Å². The fourth-order valence-corrected chi connectivity index (χ4v) is 2.29. The summed E-state index contributed by atoms with van der Waals surface area (Å²) < 4.78 is 0. The van der Waals surface area contributed by atoms with Crippen LogP contribution < -0.4 is 16.0 Å². The second-order valence-corrected chi connectivity index (χ2v) is 5.05. The van der Waals surface area contributed by atoms with E-state index in [2.05, 4.69) is 20.9 Å². The average molecular weight is 310 g/mol. The molecule has 7 heteroatoms. The van der Waals surface area contributed by atoms with Crippen LogP contribution in [0.4, 0.5) is 11.4 Å². The number of carbonyl (C=O) groups is 3. The van der Waals surface area contributed by atoms with Gasteiger partial charge in [0, 0.05) is 6.20 Å². The molecule has 0 spiro atoms. The summed E-state index contributed by atoms with van der Waals surface area (Å²) in [7, 11) is 0. The van der Waals surface area contributed by atoms with Crippen LogP contribution in [-0.2, 0) is 9.59 Å². The molecule has 1 unspecified atom stereocenters. The predicted molar refractivity (Wildman–Crippen MR) is 83.8 cm³/mol. The van der Waals surface area contributed by atoms with Gasteiger partial charge in [-0.3, -0.25) is 19.4 Å². The first-order valence-electron chi connectivity index (χ1n) is 7.04. The minimum Gasteiger partial charge on any atom is -0.340 e. The number of carbonyl (C=O) groups excluding carboxylic acids is 3.